The molecule has 5 nitrogen and oxygen atoms in total. The molecule has 1 heterocycles. The third kappa shape index (κ3) is 6.53. The number of amides is 1. The number of rotatable bonds is 5. The number of hydrogen-bond donors (Lipinski definition) is 0. The molecule has 0 N–H and O–H groups in total. The Kier molecular flexibility index (Phi) is 4.91. The van der Waals surface area contributed by atoms with Gasteiger partial charge in [-0.25, -0.2) is 13.4 Å². The molecule has 19 heavy (non-hydrogen) atoms. The minimum Gasteiger partial charge on any atom is -0.326 e. The van der Waals surface area contributed by atoms with Gasteiger partial charge in [-0.15, -0.1) is 11.3 Å². The number of aromatic nitrogens is 1. The van der Waals surface area contributed by atoms with Gasteiger partial charge in [0.1, 0.15) is 17.3 Å². The summed E-state index contributed by atoms with van der Waals surface area (Å²) in [4.78, 5) is 15.8. The molecule has 10 heteroatoms. The summed E-state index contributed by atoms with van der Waals surface area (Å²) in [6, 6.07) is 0. The molecule has 0 saturated carbocycles. The van der Waals surface area contributed by atoms with Crippen LogP contribution in [0, 0.1) is 0 Å². The van der Waals surface area contributed by atoms with E-state index in [0.717, 1.165) is 17.6 Å². The van der Waals surface area contributed by atoms with Gasteiger partial charge < -0.3 is 4.90 Å². The minimum atomic E-state index is -4.59. The van der Waals surface area contributed by atoms with Crippen molar-refractivity contribution in [3.05, 3.63) is 16.6 Å². The van der Waals surface area contributed by atoms with E-state index >= 15 is 0 Å². The van der Waals surface area contributed by atoms with Crippen LogP contribution in [0.25, 0.3) is 0 Å². The number of nitrogens with zero attached hydrogens (tertiary/aromatic N) is 2. The van der Waals surface area contributed by atoms with Crippen LogP contribution in [-0.2, 0) is 21.2 Å². The van der Waals surface area contributed by atoms with Crippen molar-refractivity contribution in [1.29, 1.82) is 0 Å². The highest BCUT2D eigenvalue weighted by atomic mass is 32.2. The van der Waals surface area contributed by atoms with Crippen molar-refractivity contribution in [2.24, 2.45) is 0 Å². The predicted octanol–water partition coefficient (Wildman–Crippen LogP) is 1.08. The number of carbonyl (C=O) groups is 1. The highest BCUT2D eigenvalue weighted by Gasteiger charge is 2.34. The number of carbonyl (C=O) groups excluding carboxylic acids is 1. The molecule has 0 bridgehead atoms. The number of sulfone groups is 1. The van der Waals surface area contributed by atoms with Crippen molar-refractivity contribution in [1.82, 2.24) is 9.88 Å². The lowest BCUT2D eigenvalue weighted by molar-refractivity contribution is -0.160. The van der Waals surface area contributed by atoms with Crippen LogP contribution >= 0.6 is 11.3 Å². The van der Waals surface area contributed by atoms with Crippen molar-refractivity contribution < 1.29 is 26.4 Å². The SMILES string of the molecule is CS(=O)(=O)CC(=O)N(Cc1nccs1)CC(F)(F)F. The second-order valence-corrected chi connectivity index (χ2v) is 6.98. The molecule has 0 aliphatic rings. The largest absolute Gasteiger partial charge is 0.406 e. The van der Waals surface area contributed by atoms with E-state index in [1.807, 2.05) is 0 Å². The van der Waals surface area contributed by atoms with E-state index in [-0.39, 0.29) is 6.54 Å². The monoisotopic (exact) mass is 316 g/mol. The Morgan fingerprint density at radius 3 is 2.53 bits per heavy atom. The van der Waals surface area contributed by atoms with Gasteiger partial charge in [0.15, 0.2) is 9.84 Å². The maximum absolute atomic E-state index is 12.4. The molecule has 0 unspecified atom stereocenters. The van der Waals surface area contributed by atoms with E-state index in [2.05, 4.69) is 4.98 Å². The summed E-state index contributed by atoms with van der Waals surface area (Å²) in [6.45, 7) is -1.85. The molecular formula is C9H11F3N2O3S2. The topological polar surface area (TPSA) is 67.3 Å². The van der Waals surface area contributed by atoms with Crippen molar-refractivity contribution in [3.8, 4) is 0 Å². The molecule has 0 radical (unpaired) electrons. The summed E-state index contributed by atoms with van der Waals surface area (Å²) in [5.74, 6) is -2.04. The van der Waals surface area contributed by atoms with Crippen LogP contribution in [0.5, 0.6) is 0 Å². The first kappa shape index (κ1) is 15.9. The molecule has 0 aliphatic carbocycles. The summed E-state index contributed by atoms with van der Waals surface area (Å²) in [5.41, 5.74) is 0. The molecule has 0 fully saturated rings. The number of alkyl halides is 3. The summed E-state index contributed by atoms with van der Waals surface area (Å²) in [6.07, 6.45) is -2.41. The van der Waals surface area contributed by atoms with Crippen molar-refractivity contribution in [2.75, 3.05) is 18.6 Å². The van der Waals surface area contributed by atoms with Crippen LogP contribution in [0.15, 0.2) is 11.6 Å². The molecule has 0 saturated heterocycles. The first-order valence-corrected chi connectivity index (χ1v) is 7.91. The van der Waals surface area contributed by atoms with E-state index in [9.17, 15) is 26.4 Å². The van der Waals surface area contributed by atoms with Crippen LogP contribution < -0.4 is 0 Å². The Hall–Kier alpha value is -1.16. The average molecular weight is 316 g/mol. The standard InChI is InChI=1S/C9H11F3N2O3S2/c1-19(16,17)5-8(15)14(6-9(10,11)12)4-7-13-2-3-18-7/h2-3H,4-6H2,1H3. The van der Waals surface area contributed by atoms with Crippen LogP contribution in [0.1, 0.15) is 5.01 Å². The molecule has 1 aromatic rings. The second-order valence-electron chi connectivity index (χ2n) is 3.86. The van der Waals surface area contributed by atoms with Crippen molar-refractivity contribution in [3.63, 3.8) is 0 Å². The van der Waals surface area contributed by atoms with E-state index in [1.165, 1.54) is 6.20 Å². The predicted molar refractivity (Wildman–Crippen MR) is 63.3 cm³/mol. The summed E-state index contributed by atoms with van der Waals surface area (Å²) in [5, 5.41) is 1.87. The molecule has 1 amide bonds. The fraction of sp³-hybridized carbons (Fsp3) is 0.556. The normalized spacial score (nSPS) is 12.4. The lowest BCUT2D eigenvalue weighted by atomic mass is 10.4. The van der Waals surface area contributed by atoms with Gasteiger partial charge in [0.25, 0.3) is 0 Å². The number of halogens is 3. The quantitative estimate of drug-likeness (QED) is 0.815. The third-order valence-corrected chi connectivity index (χ3v) is 3.45. The Morgan fingerprint density at radius 1 is 1.47 bits per heavy atom. The number of thiazole rings is 1. The van der Waals surface area contributed by atoms with Crippen molar-refractivity contribution in [2.45, 2.75) is 12.7 Å². The van der Waals surface area contributed by atoms with Crippen LogP contribution in [-0.4, -0.2) is 48.9 Å². The van der Waals surface area contributed by atoms with Gasteiger partial charge in [0.05, 0.1) is 6.54 Å². The molecule has 0 aliphatic heterocycles. The van der Waals surface area contributed by atoms with Crippen molar-refractivity contribution >= 4 is 27.1 Å². The number of hydrogen-bond acceptors (Lipinski definition) is 5. The summed E-state index contributed by atoms with van der Waals surface area (Å²) >= 11 is 1.09. The second kappa shape index (κ2) is 5.87. The van der Waals surface area contributed by atoms with Gasteiger partial charge in [-0.2, -0.15) is 13.2 Å². The van der Waals surface area contributed by atoms with Gasteiger partial charge in [-0.05, 0) is 0 Å². The Morgan fingerprint density at radius 2 is 2.11 bits per heavy atom. The zero-order chi connectivity index (χ0) is 14.7. The maximum atomic E-state index is 12.4. The van der Waals surface area contributed by atoms with E-state index in [4.69, 9.17) is 0 Å². The molecule has 108 valence electrons. The summed E-state index contributed by atoms with van der Waals surface area (Å²) < 4.78 is 59.0. The summed E-state index contributed by atoms with van der Waals surface area (Å²) in [7, 11) is -3.68. The van der Waals surface area contributed by atoms with Crippen LogP contribution in [0.2, 0.25) is 0 Å². The van der Waals surface area contributed by atoms with Gasteiger partial charge in [-0.1, -0.05) is 0 Å². The zero-order valence-corrected chi connectivity index (χ0v) is 11.5. The van der Waals surface area contributed by atoms with Gasteiger partial charge in [0, 0.05) is 17.8 Å². The molecule has 0 spiro atoms. The Bertz CT molecular complexity index is 525. The first-order chi connectivity index (χ1) is 8.57. The lowest BCUT2D eigenvalue weighted by Crippen LogP contribution is -2.41. The highest BCUT2D eigenvalue weighted by molar-refractivity contribution is 7.91. The average Bonchev–Trinajstić information content (AvgIpc) is 2.64. The van der Waals surface area contributed by atoms with Crippen LogP contribution in [0.4, 0.5) is 13.2 Å². The van der Waals surface area contributed by atoms with E-state index in [0.29, 0.717) is 9.91 Å². The molecule has 0 atom stereocenters. The minimum absolute atomic E-state index is 0.311. The highest BCUT2D eigenvalue weighted by Crippen LogP contribution is 2.19. The Balaban J connectivity index is 2.83. The van der Waals surface area contributed by atoms with E-state index < -0.39 is 34.2 Å². The van der Waals surface area contributed by atoms with Gasteiger partial charge in [0.2, 0.25) is 5.91 Å². The third-order valence-electron chi connectivity index (χ3n) is 1.92. The van der Waals surface area contributed by atoms with Crippen LogP contribution in [0.3, 0.4) is 0 Å². The fourth-order valence-corrected chi connectivity index (χ4v) is 2.52. The van der Waals surface area contributed by atoms with Gasteiger partial charge >= 0.3 is 6.18 Å². The smallest absolute Gasteiger partial charge is 0.326 e. The maximum Gasteiger partial charge on any atom is 0.406 e. The Labute approximate surface area is 112 Å². The fourth-order valence-electron chi connectivity index (χ4n) is 1.26. The van der Waals surface area contributed by atoms with Gasteiger partial charge in [-0.3, -0.25) is 4.79 Å². The lowest BCUT2D eigenvalue weighted by Gasteiger charge is -2.22. The first-order valence-electron chi connectivity index (χ1n) is 4.97. The zero-order valence-electron chi connectivity index (χ0n) is 9.85. The molecule has 1 rings (SSSR count). The van der Waals surface area contributed by atoms with E-state index in [1.54, 1.807) is 5.38 Å². The molecule has 0 aromatic carbocycles. The molecular weight excluding hydrogens is 305 g/mol. The molecule has 1 aromatic heterocycles.